The van der Waals surface area contributed by atoms with Crippen LogP contribution in [0.3, 0.4) is 0 Å². The number of carbonyl (C=O) groups is 1. The maximum atomic E-state index is 12.9. The molecule has 0 aliphatic heterocycles. The van der Waals surface area contributed by atoms with Crippen molar-refractivity contribution in [3.8, 4) is 0 Å². The first-order valence-corrected chi connectivity index (χ1v) is 6.85. The van der Waals surface area contributed by atoms with Gasteiger partial charge >= 0.3 is 5.69 Å². The fourth-order valence-corrected chi connectivity index (χ4v) is 2.17. The van der Waals surface area contributed by atoms with Gasteiger partial charge in [-0.1, -0.05) is 0 Å². The fourth-order valence-electron chi connectivity index (χ4n) is 2.17. The van der Waals surface area contributed by atoms with E-state index in [1.54, 1.807) is 6.92 Å². The lowest BCUT2D eigenvalue weighted by atomic mass is 10.1. The van der Waals surface area contributed by atoms with Crippen molar-refractivity contribution in [1.82, 2.24) is 9.13 Å². The molecule has 1 aromatic heterocycles. The van der Waals surface area contributed by atoms with E-state index in [0.717, 1.165) is 9.13 Å². The first-order chi connectivity index (χ1) is 10.7. The van der Waals surface area contributed by atoms with Gasteiger partial charge < -0.3 is 11.1 Å². The molecule has 3 N–H and O–H groups in total. The van der Waals surface area contributed by atoms with E-state index in [-0.39, 0.29) is 11.4 Å². The van der Waals surface area contributed by atoms with Gasteiger partial charge in [0, 0.05) is 19.8 Å². The second-order valence-corrected chi connectivity index (χ2v) is 5.20. The number of benzene rings is 1. The number of Topliss-reactive ketones (excluding diaryl/α,β-unsaturated/α-hetero) is 1. The van der Waals surface area contributed by atoms with E-state index in [1.165, 1.54) is 38.4 Å². The predicted octanol–water partition coefficient (Wildman–Crippen LogP) is 0.489. The lowest BCUT2D eigenvalue weighted by molar-refractivity contribution is 0.0973. The van der Waals surface area contributed by atoms with Crippen molar-refractivity contribution in [3.05, 3.63) is 56.5 Å². The first-order valence-electron chi connectivity index (χ1n) is 6.85. The quantitative estimate of drug-likeness (QED) is 0.799. The zero-order valence-electron chi connectivity index (χ0n) is 13.0. The number of rotatable bonds is 4. The fraction of sp³-hybridized carbons (Fsp3) is 0.267. The molecule has 2 aromatic rings. The van der Waals surface area contributed by atoms with Gasteiger partial charge in [-0.3, -0.25) is 18.7 Å². The number of hydrogen-bond donors (Lipinski definition) is 2. The zero-order valence-corrected chi connectivity index (χ0v) is 13.0. The summed E-state index contributed by atoms with van der Waals surface area (Å²) in [6, 6.07) is 4.66. The van der Waals surface area contributed by atoms with Crippen LogP contribution < -0.4 is 22.3 Å². The summed E-state index contributed by atoms with van der Waals surface area (Å²) < 4.78 is 14.8. The van der Waals surface area contributed by atoms with Gasteiger partial charge in [-0.25, -0.2) is 9.18 Å². The molecule has 0 saturated carbocycles. The van der Waals surface area contributed by atoms with Crippen LogP contribution in [-0.4, -0.2) is 21.0 Å². The molecule has 0 aliphatic carbocycles. The van der Waals surface area contributed by atoms with Crippen molar-refractivity contribution in [2.45, 2.75) is 13.0 Å². The van der Waals surface area contributed by atoms with E-state index in [4.69, 9.17) is 5.73 Å². The minimum atomic E-state index is -0.784. The third-order valence-electron chi connectivity index (χ3n) is 3.58. The Bertz CT molecular complexity index is 868. The summed E-state index contributed by atoms with van der Waals surface area (Å²) >= 11 is 0. The van der Waals surface area contributed by atoms with E-state index < -0.39 is 28.9 Å². The lowest BCUT2D eigenvalue weighted by Crippen LogP contribution is -2.43. The first kappa shape index (κ1) is 16.5. The summed E-state index contributed by atoms with van der Waals surface area (Å²) in [5.74, 6) is -1.13. The highest BCUT2D eigenvalue weighted by Gasteiger charge is 2.24. The van der Waals surface area contributed by atoms with Crippen LogP contribution >= 0.6 is 0 Å². The molecule has 0 aliphatic rings. The highest BCUT2D eigenvalue weighted by molar-refractivity contribution is 6.04. The SMILES string of the molecule is C[C@@H](Nc1ccc(F)cc1)C(=O)c1c(N)n(C)c(=O)n(C)c1=O. The lowest BCUT2D eigenvalue weighted by Gasteiger charge is -2.16. The second-order valence-electron chi connectivity index (χ2n) is 5.20. The molecule has 1 aromatic carbocycles. The average Bonchev–Trinajstić information content (AvgIpc) is 2.53. The van der Waals surface area contributed by atoms with Gasteiger partial charge in [0.25, 0.3) is 5.56 Å². The summed E-state index contributed by atoms with van der Waals surface area (Å²) in [7, 11) is 2.66. The van der Waals surface area contributed by atoms with Crippen LogP contribution in [0.5, 0.6) is 0 Å². The van der Waals surface area contributed by atoms with E-state index in [2.05, 4.69) is 5.32 Å². The minimum Gasteiger partial charge on any atom is -0.384 e. The van der Waals surface area contributed by atoms with Crippen LogP contribution in [0.25, 0.3) is 0 Å². The molecular formula is C15H17FN4O3. The molecule has 0 bridgehead atoms. The van der Waals surface area contributed by atoms with Gasteiger partial charge in [0.05, 0.1) is 6.04 Å². The summed E-state index contributed by atoms with van der Waals surface area (Å²) in [4.78, 5) is 36.5. The number of aromatic nitrogens is 2. The Morgan fingerprint density at radius 1 is 1.17 bits per heavy atom. The normalized spacial score (nSPS) is 12.0. The summed E-state index contributed by atoms with van der Waals surface area (Å²) in [6.45, 7) is 1.55. The van der Waals surface area contributed by atoms with Crippen molar-refractivity contribution < 1.29 is 9.18 Å². The van der Waals surface area contributed by atoms with Crippen LogP contribution in [0.2, 0.25) is 0 Å². The Morgan fingerprint density at radius 3 is 2.30 bits per heavy atom. The topological polar surface area (TPSA) is 99.1 Å². The Hall–Kier alpha value is -2.90. The molecule has 1 heterocycles. The number of ketones is 1. The third kappa shape index (κ3) is 3.01. The Kier molecular flexibility index (Phi) is 4.35. The van der Waals surface area contributed by atoms with Gasteiger partial charge in [0.2, 0.25) is 0 Å². The van der Waals surface area contributed by atoms with Gasteiger partial charge in [-0.2, -0.15) is 0 Å². The maximum absolute atomic E-state index is 12.9. The summed E-state index contributed by atoms with van der Waals surface area (Å²) in [5, 5.41) is 2.87. The molecule has 1 atom stereocenters. The molecule has 0 radical (unpaired) electrons. The molecule has 0 spiro atoms. The molecule has 8 heteroatoms. The summed E-state index contributed by atoms with van der Waals surface area (Å²) in [6.07, 6.45) is 0. The molecule has 0 fully saturated rings. The molecule has 7 nitrogen and oxygen atoms in total. The van der Waals surface area contributed by atoms with Crippen molar-refractivity contribution in [3.63, 3.8) is 0 Å². The third-order valence-corrected chi connectivity index (χ3v) is 3.58. The number of nitrogens with two attached hydrogens (primary N) is 1. The molecule has 0 amide bonds. The van der Waals surface area contributed by atoms with Crippen molar-refractivity contribution in [1.29, 1.82) is 0 Å². The maximum Gasteiger partial charge on any atom is 0.332 e. The van der Waals surface area contributed by atoms with Crippen LogP contribution in [0.15, 0.2) is 33.9 Å². The number of nitrogens with one attached hydrogen (secondary N) is 1. The van der Waals surface area contributed by atoms with Crippen LogP contribution in [0.4, 0.5) is 15.9 Å². The number of nitrogens with zero attached hydrogens (tertiary/aromatic N) is 2. The molecule has 2 rings (SSSR count). The smallest absolute Gasteiger partial charge is 0.332 e. The monoisotopic (exact) mass is 320 g/mol. The number of carbonyl (C=O) groups excluding carboxylic acids is 1. The molecule has 23 heavy (non-hydrogen) atoms. The number of nitrogen functional groups attached to an aromatic ring is 1. The highest BCUT2D eigenvalue weighted by atomic mass is 19.1. The van der Waals surface area contributed by atoms with Crippen LogP contribution in [-0.2, 0) is 14.1 Å². The van der Waals surface area contributed by atoms with Gasteiger partial charge in [0.15, 0.2) is 5.78 Å². The highest BCUT2D eigenvalue weighted by Crippen LogP contribution is 2.13. The minimum absolute atomic E-state index is 0.184. The van der Waals surface area contributed by atoms with E-state index in [1.807, 2.05) is 0 Å². The van der Waals surface area contributed by atoms with Crippen LogP contribution in [0.1, 0.15) is 17.3 Å². The van der Waals surface area contributed by atoms with Crippen molar-refractivity contribution in [2.75, 3.05) is 11.1 Å². The second kappa shape index (κ2) is 6.07. The Morgan fingerprint density at radius 2 is 1.74 bits per heavy atom. The van der Waals surface area contributed by atoms with E-state index >= 15 is 0 Å². The predicted molar refractivity (Wildman–Crippen MR) is 85.2 cm³/mol. The standard InChI is InChI=1S/C15H17FN4O3/c1-8(18-10-6-4-9(16)5-7-10)12(21)11-13(17)19(2)15(23)20(3)14(11)22/h4-8,18H,17H2,1-3H3/t8-/m1/s1. The molecule has 0 unspecified atom stereocenters. The summed E-state index contributed by atoms with van der Waals surface area (Å²) in [5.41, 5.74) is 4.67. The van der Waals surface area contributed by atoms with Gasteiger partial charge in [0.1, 0.15) is 17.2 Å². The van der Waals surface area contributed by atoms with Gasteiger partial charge in [-0.15, -0.1) is 0 Å². The number of anilines is 2. The van der Waals surface area contributed by atoms with Gasteiger partial charge in [-0.05, 0) is 31.2 Å². The van der Waals surface area contributed by atoms with Crippen LogP contribution in [0, 0.1) is 5.82 Å². The largest absolute Gasteiger partial charge is 0.384 e. The molecule has 122 valence electrons. The van der Waals surface area contributed by atoms with Crippen molar-refractivity contribution >= 4 is 17.3 Å². The average molecular weight is 320 g/mol. The Labute approximate surface area is 131 Å². The molecular weight excluding hydrogens is 303 g/mol. The zero-order chi connectivity index (χ0) is 17.3. The molecule has 0 saturated heterocycles. The Balaban J connectivity index is 2.39. The number of halogens is 1. The van der Waals surface area contributed by atoms with E-state index in [9.17, 15) is 18.8 Å². The number of hydrogen-bond acceptors (Lipinski definition) is 5. The van der Waals surface area contributed by atoms with Crippen molar-refractivity contribution in [2.24, 2.45) is 14.1 Å². The van der Waals surface area contributed by atoms with E-state index in [0.29, 0.717) is 5.69 Å².